The lowest BCUT2D eigenvalue weighted by atomic mass is 9.80. The Morgan fingerprint density at radius 3 is 3.14 bits per heavy atom. The van der Waals surface area contributed by atoms with Crippen molar-refractivity contribution < 1.29 is 0 Å². The van der Waals surface area contributed by atoms with Gasteiger partial charge in [0.2, 0.25) is 0 Å². The number of hydrogen-bond acceptors (Lipinski definition) is 5. The molecule has 14 heavy (non-hydrogen) atoms. The van der Waals surface area contributed by atoms with E-state index in [4.69, 9.17) is 0 Å². The molecule has 0 aromatic carbocycles. The summed E-state index contributed by atoms with van der Waals surface area (Å²) in [4.78, 5) is 0. The molecule has 2 N–H and O–H groups in total. The highest BCUT2D eigenvalue weighted by atomic mass is 32.1. The van der Waals surface area contributed by atoms with E-state index in [0.29, 0.717) is 11.5 Å². The van der Waals surface area contributed by atoms with E-state index in [1.165, 1.54) is 11.5 Å². The lowest BCUT2D eigenvalue weighted by Crippen LogP contribution is -2.49. The normalized spacial score (nSPS) is 26.0. The first-order valence-electron chi connectivity index (χ1n) is 4.93. The summed E-state index contributed by atoms with van der Waals surface area (Å²) in [6.07, 6.45) is 2.95. The molecule has 2 heterocycles. The van der Waals surface area contributed by atoms with Crippen LogP contribution in [-0.2, 0) is 0 Å². The predicted molar refractivity (Wildman–Crippen MR) is 58.6 cm³/mol. The third kappa shape index (κ3) is 2.04. The quantitative estimate of drug-likeness (QED) is 0.776. The molecule has 0 amide bonds. The second kappa shape index (κ2) is 3.82. The number of anilines is 1. The maximum Gasteiger partial charge on any atom is 0.130 e. The molecule has 2 rings (SSSR count). The zero-order chi connectivity index (χ0) is 10.0. The molecule has 78 valence electrons. The molecule has 1 unspecified atom stereocenters. The van der Waals surface area contributed by atoms with Crippen molar-refractivity contribution in [2.24, 2.45) is 5.41 Å². The zero-order valence-electron chi connectivity index (χ0n) is 8.58. The molecule has 4 nitrogen and oxygen atoms in total. The molecular formula is C9H16N4S. The van der Waals surface area contributed by atoms with Gasteiger partial charge in [0.15, 0.2) is 0 Å². The van der Waals surface area contributed by atoms with E-state index >= 15 is 0 Å². The summed E-state index contributed by atoms with van der Waals surface area (Å²) in [5.41, 5.74) is 0.294. The third-order valence-corrected chi connectivity index (χ3v) is 3.41. The fraction of sp³-hybridized carbons (Fsp3) is 0.778. The third-order valence-electron chi connectivity index (χ3n) is 2.81. The van der Waals surface area contributed by atoms with Crippen molar-refractivity contribution in [3.63, 3.8) is 0 Å². The van der Waals surface area contributed by atoms with E-state index in [1.54, 1.807) is 6.20 Å². The minimum Gasteiger partial charge on any atom is -0.371 e. The number of nitrogens with zero attached hydrogens (tertiary/aromatic N) is 2. The maximum absolute atomic E-state index is 3.85. The molecule has 1 aliphatic heterocycles. The molecule has 5 heteroatoms. The number of nitrogens with one attached hydrogen (secondary N) is 2. The van der Waals surface area contributed by atoms with Gasteiger partial charge in [0.05, 0.1) is 6.20 Å². The number of hydrogen-bond donors (Lipinski definition) is 2. The Kier molecular flexibility index (Phi) is 2.69. The van der Waals surface area contributed by atoms with Crippen molar-refractivity contribution in [2.75, 3.05) is 18.4 Å². The standard InChI is InChI=1S/C9H16N4S/c1-9(2)6-10-4-3-7(9)12-8-5-11-13-14-8/h5,7,10,12H,3-4,6H2,1-2H3. The highest BCUT2D eigenvalue weighted by molar-refractivity contribution is 7.09. The van der Waals surface area contributed by atoms with E-state index in [9.17, 15) is 0 Å². The van der Waals surface area contributed by atoms with Gasteiger partial charge < -0.3 is 10.6 Å². The van der Waals surface area contributed by atoms with Crippen LogP contribution in [0.25, 0.3) is 0 Å². The number of rotatable bonds is 2. The van der Waals surface area contributed by atoms with Crippen molar-refractivity contribution in [1.29, 1.82) is 0 Å². The Hall–Kier alpha value is -0.680. The molecule has 0 saturated carbocycles. The van der Waals surface area contributed by atoms with Gasteiger partial charge in [-0.15, -0.1) is 5.10 Å². The molecule has 1 aliphatic rings. The molecule has 0 bridgehead atoms. The van der Waals surface area contributed by atoms with E-state index in [2.05, 4.69) is 34.1 Å². The summed E-state index contributed by atoms with van der Waals surface area (Å²) in [5.74, 6) is 0. The summed E-state index contributed by atoms with van der Waals surface area (Å²) >= 11 is 1.42. The minimum atomic E-state index is 0.294. The first kappa shape index (κ1) is 9.86. The van der Waals surface area contributed by atoms with Gasteiger partial charge in [0.25, 0.3) is 0 Å². The monoisotopic (exact) mass is 212 g/mol. The Morgan fingerprint density at radius 2 is 2.50 bits per heavy atom. The minimum absolute atomic E-state index is 0.294. The Bertz CT molecular complexity index is 283. The summed E-state index contributed by atoms with van der Waals surface area (Å²) in [6.45, 7) is 6.72. The van der Waals surface area contributed by atoms with Crippen molar-refractivity contribution in [3.8, 4) is 0 Å². The summed E-state index contributed by atoms with van der Waals surface area (Å²) < 4.78 is 3.85. The van der Waals surface area contributed by atoms with Crippen LogP contribution in [0.4, 0.5) is 5.00 Å². The lowest BCUT2D eigenvalue weighted by molar-refractivity contribution is 0.237. The second-order valence-electron chi connectivity index (χ2n) is 4.43. The van der Waals surface area contributed by atoms with Gasteiger partial charge in [-0.3, -0.25) is 0 Å². The summed E-state index contributed by atoms with van der Waals surface area (Å²) in [7, 11) is 0. The Labute approximate surface area is 88.3 Å². The van der Waals surface area contributed by atoms with E-state index in [1.807, 2.05) is 0 Å². The van der Waals surface area contributed by atoms with Gasteiger partial charge in [-0.1, -0.05) is 18.3 Å². The van der Waals surface area contributed by atoms with Gasteiger partial charge in [0.1, 0.15) is 5.00 Å². The van der Waals surface area contributed by atoms with Crippen LogP contribution in [0.1, 0.15) is 20.3 Å². The molecule has 0 radical (unpaired) electrons. The SMILES string of the molecule is CC1(C)CNCCC1Nc1cnns1. The van der Waals surface area contributed by atoms with Crippen molar-refractivity contribution >= 4 is 16.5 Å². The topological polar surface area (TPSA) is 49.8 Å². The average molecular weight is 212 g/mol. The van der Waals surface area contributed by atoms with Crippen LogP contribution < -0.4 is 10.6 Å². The van der Waals surface area contributed by atoms with Crippen molar-refractivity contribution in [2.45, 2.75) is 26.3 Å². The fourth-order valence-corrected chi connectivity index (χ4v) is 2.31. The van der Waals surface area contributed by atoms with Crippen molar-refractivity contribution in [3.05, 3.63) is 6.20 Å². The van der Waals surface area contributed by atoms with Crippen LogP contribution in [0, 0.1) is 5.41 Å². The lowest BCUT2D eigenvalue weighted by Gasteiger charge is -2.39. The van der Waals surface area contributed by atoms with Crippen molar-refractivity contribution in [1.82, 2.24) is 14.9 Å². The van der Waals surface area contributed by atoms with Crippen LogP contribution in [0.2, 0.25) is 0 Å². The largest absolute Gasteiger partial charge is 0.371 e. The van der Waals surface area contributed by atoms with Gasteiger partial charge in [-0.05, 0) is 18.4 Å². The Morgan fingerprint density at radius 1 is 1.64 bits per heavy atom. The summed E-state index contributed by atoms with van der Waals surface area (Å²) in [5, 5.41) is 11.8. The molecular weight excluding hydrogens is 196 g/mol. The van der Waals surface area contributed by atoms with Gasteiger partial charge in [-0.25, -0.2) is 0 Å². The van der Waals surface area contributed by atoms with Gasteiger partial charge in [0, 0.05) is 24.1 Å². The van der Waals surface area contributed by atoms with Crippen LogP contribution in [0.3, 0.4) is 0 Å². The molecule has 1 fully saturated rings. The molecule has 1 saturated heterocycles. The van der Waals surface area contributed by atoms with Crippen LogP contribution in [0.5, 0.6) is 0 Å². The Balaban J connectivity index is 2.02. The first-order valence-corrected chi connectivity index (χ1v) is 5.70. The highest BCUT2D eigenvalue weighted by Gasteiger charge is 2.32. The zero-order valence-corrected chi connectivity index (χ0v) is 9.40. The number of piperidine rings is 1. The van der Waals surface area contributed by atoms with Crippen LogP contribution in [-0.4, -0.2) is 28.7 Å². The van der Waals surface area contributed by atoms with Gasteiger partial charge in [-0.2, -0.15) is 0 Å². The highest BCUT2D eigenvalue weighted by Crippen LogP contribution is 2.28. The smallest absolute Gasteiger partial charge is 0.130 e. The predicted octanol–water partition coefficient (Wildman–Crippen LogP) is 1.34. The van der Waals surface area contributed by atoms with E-state index in [0.717, 1.165) is 24.5 Å². The average Bonchev–Trinajstić information content (AvgIpc) is 2.61. The first-order chi connectivity index (χ1) is 6.68. The van der Waals surface area contributed by atoms with Crippen LogP contribution in [0.15, 0.2) is 6.20 Å². The van der Waals surface area contributed by atoms with Crippen LogP contribution >= 0.6 is 11.5 Å². The molecule has 1 atom stereocenters. The molecule has 0 aliphatic carbocycles. The molecule has 0 spiro atoms. The molecule has 1 aromatic heterocycles. The molecule has 1 aromatic rings. The van der Waals surface area contributed by atoms with E-state index < -0.39 is 0 Å². The summed E-state index contributed by atoms with van der Waals surface area (Å²) in [6, 6.07) is 0.519. The maximum atomic E-state index is 3.85. The fourth-order valence-electron chi connectivity index (χ4n) is 1.84. The van der Waals surface area contributed by atoms with Gasteiger partial charge >= 0.3 is 0 Å². The second-order valence-corrected chi connectivity index (χ2v) is 5.22. The van der Waals surface area contributed by atoms with E-state index in [-0.39, 0.29) is 0 Å². The number of aromatic nitrogens is 2.